The summed E-state index contributed by atoms with van der Waals surface area (Å²) >= 11 is 0. The molecular formula is C16H24N2O4. The maximum absolute atomic E-state index is 11.9. The molecular weight excluding hydrogens is 284 g/mol. The third kappa shape index (κ3) is 5.05. The van der Waals surface area contributed by atoms with E-state index in [1.165, 1.54) is 0 Å². The molecule has 1 aromatic heterocycles. The highest BCUT2D eigenvalue weighted by molar-refractivity contribution is 5.87. The number of carbonyl (C=O) groups is 1. The summed E-state index contributed by atoms with van der Waals surface area (Å²) in [6.07, 6.45) is 1.57. The van der Waals surface area contributed by atoms with Gasteiger partial charge in [0, 0.05) is 25.8 Å². The van der Waals surface area contributed by atoms with Gasteiger partial charge in [0.15, 0.2) is 0 Å². The largest absolute Gasteiger partial charge is 0.455 e. The van der Waals surface area contributed by atoms with Gasteiger partial charge >= 0.3 is 5.97 Å². The molecule has 22 heavy (non-hydrogen) atoms. The van der Waals surface area contributed by atoms with E-state index >= 15 is 0 Å². The Bertz CT molecular complexity index is 496. The van der Waals surface area contributed by atoms with Crippen molar-refractivity contribution in [3.63, 3.8) is 0 Å². The minimum absolute atomic E-state index is 0.0341. The summed E-state index contributed by atoms with van der Waals surface area (Å²) in [5, 5.41) is 9.15. The fourth-order valence-electron chi connectivity index (χ4n) is 2.26. The van der Waals surface area contributed by atoms with Crippen molar-refractivity contribution in [1.29, 1.82) is 0 Å². The molecule has 1 saturated heterocycles. The average Bonchev–Trinajstić information content (AvgIpc) is 2.46. The number of hydrogen-bond donors (Lipinski definition) is 1. The fourth-order valence-corrected chi connectivity index (χ4v) is 2.26. The predicted molar refractivity (Wildman–Crippen MR) is 81.5 cm³/mol. The Kier molecular flexibility index (Phi) is 5.50. The van der Waals surface area contributed by atoms with Crippen molar-refractivity contribution in [3.8, 4) is 0 Å². The van der Waals surface area contributed by atoms with Gasteiger partial charge in [-0.15, -0.1) is 0 Å². The number of ether oxygens (including phenoxy) is 2. The summed E-state index contributed by atoms with van der Waals surface area (Å²) in [5.41, 5.74) is 0.810. The fraction of sp³-hybridized carbons (Fsp3) is 0.625. The number of hydrogen-bond acceptors (Lipinski definition) is 6. The average molecular weight is 308 g/mol. The van der Waals surface area contributed by atoms with Gasteiger partial charge < -0.3 is 14.6 Å². The van der Waals surface area contributed by atoms with Crippen LogP contribution in [0.15, 0.2) is 18.3 Å². The zero-order valence-electron chi connectivity index (χ0n) is 13.4. The first-order valence-corrected chi connectivity index (χ1v) is 7.50. The number of aliphatic hydroxyl groups excluding tert-OH is 1. The summed E-state index contributed by atoms with van der Waals surface area (Å²) in [6, 6.07) is 3.57. The van der Waals surface area contributed by atoms with Crippen LogP contribution in [-0.4, -0.2) is 59.0 Å². The second kappa shape index (κ2) is 7.17. The Hall–Kier alpha value is -1.50. The Balaban J connectivity index is 1.93. The van der Waals surface area contributed by atoms with Crippen LogP contribution in [0.3, 0.4) is 0 Å². The standard InChI is InChI=1S/C16H24N2O4/c1-16(2,3)22-15(20)14-5-4-12(8-17-14)9-18-6-7-21-13(10-18)11-19/h4-5,8,13,19H,6-7,9-11H2,1-3H3/t13-/m0/s1. The lowest BCUT2D eigenvalue weighted by atomic mass is 10.2. The van der Waals surface area contributed by atoms with Gasteiger partial charge in [-0.3, -0.25) is 4.90 Å². The highest BCUT2D eigenvalue weighted by atomic mass is 16.6. The molecule has 0 aliphatic carbocycles. The van der Waals surface area contributed by atoms with Crippen LogP contribution >= 0.6 is 0 Å². The van der Waals surface area contributed by atoms with E-state index in [0.29, 0.717) is 18.8 Å². The van der Waals surface area contributed by atoms with Crippen LogP contribution < -0.4 is 0 Å². The van der Waals surface area contributed by atoms with Gasteiger partial charge in [0.2, 0.25) is 0 Å². The highest BCUT2D eigenvalue weighted by Gasteiger charge is 2.21. The van der Waals surface area contributed by atoms with E-state index < -0.39 is 11.6 Å². The topological polar surface area (TPSA) is 71.9 Å². The van der Waals surface area contributed by atoms with Gasteiger partial charge in [0.25, 0.3) is 0 Å². The Morgan fingerprint density at radius 2 is 2.27 bits per heavy atom. The van der Waals surface area contributed by atoms with E-state index in [-0.39, 0.29) is 12.7 Å². The van der Waals surface area contributed by atoms with Crippen LogP contribution in [0.2, 0.25) is 0 Å². The summed E-state index contributed by atoms with van der Waals surface area (Å²) < 4.78 is 10.7. The highest BCUT2D eigenvalue weighted by Crippen LogP contribution is 2.13. The maximum Gasteiger partial charge on any atom is 0.357 e. The van der Waals surface area contributed by atoms with E-state index in [9.17, 15) is 4.79 Å². The van der Waals surface area contributed by atoms with Crippen molar-refractivity contribution in [2.45, 2.75) is 39.0 Å². The van der Waals surface area contributed by atoms with Gasteiger partial charge in [0.05, 0.1) is 19.3 Å². The van der Waals surface area contributed by atoms with Crippen LogP contribution in [0, 0.1) is 0 Å². The molecule has 0 unspecified atom stereocenters. The van der Waals surface area contributed by atoms with Crippen molar-refractivity contribution in [2.75, 3.05) is 26.3 Å². The third-order valence-electron chi connectivity index (χ3n) is 3.27. The first-order valence-electron chi connectivity index (χ1n) is 7.50. The van der Waals surface area contributed by atoms with E-state index in [4.69, 9.17) is 14.6 Å². The molecule has 6 heteroatoms. The number of aromatic nitrogens is 1. The molecule has 1 N–H and O–H groups in total. The second-order valence-electron chi connectivity index (χ2n) is 6.46. The second-order valence-corrected chi connectivity index (χ2v) is 6.46. The maximum atomic E-state index is 11.9. The number of rotatable bonds is 4. The lowest BCUT2D eigenvalue weighted by molar-refractivity contribution is -0.0551. The Morgan fingerprint density at radius 1 is 1.50 bits per heavy atom. The monoisotopic (exact) mass is 308 g/mol. The summed E-state index contributed by atoms with van der Waals surface area (Å²) in [6.45, 7) is 8.39. The molecule has 1 fully saturated rings. The van der Waals surface area contributed by atoms with Gasteiger partial charge in [-0.2, -0.15) is 0 Å². The van der Waals surface area contributed by atoms with Gasteiger partial charge in [0.1, 0.15) is 11.3 Å². The number of esters is 1. The molecule has 0 spiro atoms. The normalized spacial score (nSPS) is 19.9. The minimum Gasteiger partial charge on any atom is -0.455 e. The summed E-state index contributed by atoms with van der Waals surface area (Å²) in [5.74, 6) is -0.411. The molecule has 1 aliphatic rings. The van der Waals surface area contributed by atoms with Crippen LogP contribution in [0.1, 0.15) is 36.8 Å². The molecule has 1 atom stereocenters. The van der Waals surface area contributed by atoms with Crippen molar-refractivity contribution in [2.24, 2.45) is 0 Å². The van der Waals surface area contributed by atoms with Crippen molar-refractivity contribution in [3.05, 3.63) is 29.6 Å². The number of aliphatic hydroxyl groups is 1. The lowest BCUT2D eigenvalue weighted by Crippen LogP contribution is -2.43. The molecule has 0 aromatic carbocycles. The number of morpholine rings is 1. The molecule has 0 amide bonds. The van der Waals surface area contributed by atoms with Crippen LogP contribution in [0.5, 0.6) is 0 Å². The van der Waals surface area contributed by atoms with Crippen molar-refractivity contribution in [1.82, 2.24) is 9.88 Å². The molecule has 0 bridgehead atoms. The molecule has 1 aliphatic heterocycles. The van der Waals surface area contributed by atoms with Crippen molar-refractivity contribution < 1.29 is 19.4 Å². The van der Waals surface area contributed by atoms with E-state index in [0.717, 1.165) is 18.7 Å². The van der Waals surface area contributed by atoms with Gasteiger partial charge in [-0.1, -0.05) is 6.07 Å². The van der Waals surface area contributed by atoms with E-state index in [1.807, 2.05) is 26.8 Å². The van der Waals surface area contributed by atoms with Crippen LogP contribution in [-0.2, 0) is 16.0 Å². The molecule has 2 heterocycles. The SMILES string of the molecule is CC(C)(C)OC(=O)c1ccc(CN2CCO[C@H](CO)C2)cn1. The quantitative estimate of drug-likeness (QED) is 0.844. The Morgan fingerprint density at radius 3 is 2.86 bits per heavy atom. The number of carbonyl (C=O) groups excluding carboxylic acids is 1. The molecule has 2 rings (SSSR count). The summed E-state index contributed by atoms with van der Waals surface area (Å²) in [7, 11) is 0. The summed E-state index contributed by atoms with van der Waals surface area (Å²) in [4.78, 5) is 18.3. The Labute approximate surface area is 131 Å². The first-order chi connectivity index (χ1) is 10.4. The first kappa shape index (κ1) is 16.9. The predicted octanol–water partition coefficient (Wildman–Crippen LogP) is 1.23. The zero-order chi connectivity index (χ0) is 16.2. The van der Waals surface area contributed by atoms with Gasteiger partial charge in [-0.05, 0) is 32.4 Å². The van der Waals surface area contributed by atoms with E-state index in [2.05, 4.69) is 9.88 Å². The minimum atomic E-state index is -0.523. The van der Waals surface area contributed by atoms with Crippen LogP contribution in [0.4, 0.5) is 0 Å². The van der Waals surface area contributed by atoms with E-state index in [1.54, 1.807) is 12.3 Å². The lowest BCUT2D eigenvalue weighted by Gasteiger charge is -2.31. The molecule has 1 aromatic rings. The van der Waals surface area contributed by atoms with Crippen LogP contribution in [0.25, 0.3) is 0 Å². The molecule has 122 valence electrons. The number of pyridine rings is 1. The smallest absolute Gasteiger partial charge is 0.357 e. The zero-order valence-corrected chi connectivity index (χ0v) is 13.4. The molecule has 0 saturated carbocycles. The van der Waals surface area contributed by atoms with Crippen molar-refractivity contribution >= 4 is 5.97 Å². The molecule has 6 nitrogen and oxygen atoms in total. The third-order valence-corrected chi connectivity index (χ3v) is 3.27. The molecule has 0 radical (unpaired) electrons. The van der Waals surface area contributed by atoms with Gasteiger partial charge in [-0.25, -0.2) is 9.78 Å². The number of nitrogens with zero attached hydrogens (tertiary/aromatic N) is 2.